The van der Waals surface area contributed by atoms with Crippen molar-refractivity contribution in [3.8, 4) is 0 Å². The van der Waals surface area contributed by atoms with Gasteiger partial charge in [-0.2, -0.15) is 0 Å². The number of benzene rings is 2. The largest absolute Gasteiger partial charge is 0.325 e. The molecule has 4 rings (SSSR count). The van der Waals surface area contributed by atoms with Crippen LogP contribution in [0.5, 0.6) is 0 Å². The van der Waals surface area contributed by atoms with Gasteiger partial charge in [-0.3, -0.25) is 9.89 Å². The fraction of sp³-hybridized carbons (Fsp3) is 0.111. The van der Waals surface area contributed by atoms with E-state index in [9.17, 15) is 4.79 Å². The maximum atomic E-state index is 12.0. The molecule has 7 nitrogen and oxygen atoms in total. The summed E-state index contributed by atoms with van der Waals surface area (Å²) >= 11 is 7.10. The molecule has 2 aromatic heterocycles. The molecule has 136 valence electrons. The highest BCUT2D eigenvalue weighted by molar-refractivity contribution is 7.99. The average molecular weight is 399 g/mol. The highest BCUT2D eigenvalue weighted by Crippen LogP contribution is 2.17. The molecule has 0 saturated carbocycles. The lowest BCUT2D eigenvalue weighted by Gasteiger charge is -2.03. The van der Waals surface area contributed by atoms with E-state index in [0.29, 0.717) is 28.2 Å². The predicted octanol–water partition coefficient (Wildman–Crippen LogP) is 3.59. The number of hydrogen-bond acceptors (Lipinski definition) is 5. The number of aromatic nitrogens is 5. The number of thioether (sulfide) groups is 1. The number of halogens is 1. The molecular formula is C18H15ClN6OS. The molecular weight excluding hydrogens is 384 g/mol. The highest BCUT2D eigenvalue weighted by Gasteiger charge is 2.10. The zero-order chi connectivity index (χ0) is 18.6. The molecule has 2 aromatic carbocycles. The van der Waals surface area contributed by atoms with Crippen LogP contribution in [0.3, 0.4) is 0 Å². The molecule has 0 atom stereocenters. The lowest BCUT2D eigenvalue weighted by molar-refractivity contribution is -0.113. The summed E-state index contributed by atoms with van der Waals surface area (Å²) in [5, 5.41) is 11.0. The Hall–Kier alpha value is -2.84. The number of nitrogens with zero attached hydrogens (tertiary/aromatic N) is 4. The number of carbonyl (C=O) groups excluding carboxylic acids is 1. The smallest absolute Gasteiger partial charge is 0.234 e. The summed E-state index contributed by atoms with van der Waals surface area (Å²) in [6.07, 6.45) is 1.78. The number of hydrogen-bond donors (Lipinski definition) is 2. The first kappa shape index (κ1) is 17.6. The van der Waals surface area contributed by atoms with E-state index in [0.717, 1.165) is 11.0 Å². The van der Waals surface area contributed by atoms with Crippen LogP contribution in [0.2, 0.25) is 5.02 Å². The van der Waals surface area contributed by atoms with Crippen molar-refractivity contribution < 1.29 is 4.79 Å². The monoisotopic (exact) mass is 398 g/mol. The average Bonchev–Trinajstić information content (AvgIpc) is 3.30. The van der Waals surface area contributed by atoms with Crippen LogP contribution in [0.1, 0.15) is 5.82 Å². The number of para-hydroxylation sites is 2. The van der Waals surface area contributed by atoms with E-state index in [2.05, 4.69) is 25.5 Å². The normalized spacial score (nSPS) is 11.0. The summed E-state index contributed by atoms with van der Waals surface area (Å²) in [6, 6.07) is 14.9. The van der Waals surface area contributed by atoms with Crippen LogP contribution in [0.25, 0.3) is 11.0 Å². The summed E-state index contributed by atoms with van der Waals surface area (Å²) in [7, 11) is 0. The Labute approximate surface area is 164 Å². The van der Waals surface area contributed by atoms with E-state index in [1.807, 2.05) is 28.8 Å². The zero-order valence-corrected chi connectivity index (χ0v) is 15.7. The second-order valence-electron chi connectivity index (χ2n) is 5.77. The molecule has 2 N–H and O–H groups in total. The lowest BCUT2D eigenvalue weighted by Crippen LogP contribution is -2.13. The second-order valence-corrected chi connectivity index (χ2v) is 7.15. The van der Waals surface area contributed by atoms with Gasteiger partial charge in [-0.1, -0.05) is 35.5 Å². The van der Waals surface area contributed by atoms with E-state index >= 15 is 0 Å². The number of fused-ring (bicyclic) bond motifs is 1. The van der Waals surface area contributed by atoms with Crippen molar-refractivity contribution in [1.82, 2.24) is 24.7 Å². The van der Waals surface area contributed by atoms with Crippen molar-refractivity contribution in [1.29, 1.82) is 0 Å². The molecule has 0 aliphatic heterocycles. The number of rotatable bonds is 6. The first-order chi connectivity index (χ1) is 13.2. The number of carbonyl (C=O) groups is 1. The highest BCUT2D eigenvalue weighted by atomic mass is 35.5. The number of anilines is 1. The topological polar surface area (TPSA) is 88.5 Å². The number of nitrogens with one attached hydrogen (secondary N) is 2. The van der Waals surface area contributed by atoms with Gasteiger partial charge >= 0.3 is 0 Å². The van der Waals surface area contributed by atoms with Crippen molar-refractivity contribution in [2.75, 3.05) is 11.1 Å². The summed E-state index contributed by atoms with van der Waals surface area (Å²) in [5.41, 5.74) is 2.67. The third-order valence-electron chi connectivity index (χ3n) is 3.82. The third kappa shape index (κ3) is 4.29. The van der Waals surface area contributed by atoms with Gasteiger partial charge in [0.05, 0.1) is 29.7 Å². The van der Waals surface area contributed by atoms with Crippen molar-refractivity contribution >= 4 is 46.0 Å². The van der Waals surface area contributed by atoms with Gasteiger partial charge in [-0.25, -0.2) is 9.97 Å². The Balaban J connectivity index is 1.34. The van der Waals surface area contributed by atoms with E-state index < -0.39 is 0 Å². The van der Waals surface area contributed by atoms with Crippen LogP contribution in [-0.2, 0) is 11.3 Å². The SMILES string of the molecule is O=C(CSc1n[nH]c(Cn2cnc3ccccc32)n1)Nc1ccc(Cl)cc1. The molecule has 0 radical (unpaired) electrons. The lowest BCUT2D eigenvalue weighted by atomic mass is 10.3. The van der Waals surface area contributed by atoms with E-state index in [-0.39, 0.29) is 11.7 Å². The van der Waals surface area contributed by atoms with Gasteiger partial charge < -0.3 is 9.88 Å². The van der Waals surface area contributed by atoms with Gasteiger partial charge in [0.1, 0.15) is 5.82 Å². The van der Waals surface area contributed by atoms with Crippen molar-refractivity contribution in [3.63, 3.8) is 0 Å². The molecule has 27 heavy (non-hydrogen) atoms. The molecule has 0 aliphatic carbocycles. The van der Waals surface area contributed by atoms with Crippen LogP contribution >= 0.6 is 23.4 Å². The van der Waals surface area contributed by atoms with Crippen LogP contribution in [0, 0.1) is 0 Å². The molecule has 1 amide bonds. The summed E-state index contributed by atoms with van der Waals surface area (Å²) in [6.45, 7) is 0.533. The fourth-order valence-corrected chi connectivity index (χ4v) is 3.31. The first-order valence-corrected chi connectivity index (χ1v) is 9.53. The molecule has 9 heteroatoms. The Bertz CT molecular complexity index is 1070. The molecule has 0 fully saturated rings. The van der Waals surface area contributed by atoms with Gasteiger partial charge in [0, 0.05) is 10.7 Å². The van der Waals surface area contributed by atoms with E-state index in [1.165, 1.54) is 11.8 Å². The van der Waals surface area contributed by atoms with Gasteiger partial charge in [0.2, 0.25) is 11.1 Å². The number of imidazole rings is 1. The molecule has 0 unspecified atom stereocenters. The Kier molecular flexibility index (Phi) is 5.08. The second kappa shape index (κ2) is 7.81. The van der Waals surface area contributed by atoms with Crippen LogP contribution in [0.15, 0.2) is 60.0 Å². The molecule has 0 saturated heterocycles. The first-order valence-electron chi connectivity index (χ1n) is 8.17. The minimum Gasteiger partial charge on any atom is -0.325 e. The van der Waals surface area contributed by atoms with Crippen LogP contribution < -0.4 is 5.32 Å². The molecule has 4 aromatic rings. The van der Waals surface area contributed by atoms with Gasteiger partial charge in [-0.05, 0) is 36.4 Å². The Morgan fingerprint density at radius 3 is 2.85 bits per heavy atom. The van der Waals surface area contributed by atoms with E-state index in [4.69, 9.17) is 11.6 Å². The molecule has 0 spiro atoms. The van der Waals surface area contributed by atoms with Gasteiger partial charge in [0.25, 0.3) is 0 Å². The number of aromatic amines is 1. The van der Waals surface area contributed by atoms with Gasteiger partial charge in [-0.15, -0.1) is 5.10 Å². The van der Waals surface area contributed by atoms with Crippen LogP contribution in [0.4, 0.5) is 5.69 Å². The molecule has 0 bridgehead atoms. The number of amides is 1. The third-order valence-corrected chi connectivity index (χ3v) is 4.92. The van der Waals surface area contributed by atoms with Crippen molar-refractivity contribution in [2.45, 2.75) is 11.7 Å². The van der Waals surface area contributed by atoms with Gasteiger partial charge in [0.15, 0.2) is 0 Å². The summed E-state index contributed by atoms with van der Waals surface area (Å²) in [4.78, 5) is 20.8. The minimum atomic E-state index is -0.130. The zero-order valence-electron chi connectivity index (χ0n) is 14.1. The maximum Gasteiger partial charge on any atom is 0.234 e. The fourth-order valence-electron chi connectivity index (χ4n) is 2.57. The Morgan fingerprint density at radius 2 is 2.00 bits per heavy atom. The maximum absolute atomic E-state index is 12.0. The summed E-state index contributed by atoms with van der Waals surface area (Å²) < 4.78 is 2.00. The quantitative estimate of drug-likeness (QED) is 0.484. The van der Waals surface area contributed by atoms with Crippen molar-refractivity contribution in [2.24, 2.45) is 0 Å². The number of H-pyrrole nitrogens is 1. The standard InChI is InChI=1S/C18H15ClN6OS/c19-12-5-7-13(8-6-12)21-17(26)10-27-18-22-16(23-24-18)9-25-11-20-14-3-1-2-4-15(14)25/h1-8,11H,9-10H2,(H,21,26)(H,22,23,24). The molecule has 2 heterocycles. The Morgan fingerprint density at radius 1 is 1.19 bits per heavy atom. The predicted molar refractivity (Wildman–Crippen MR) is 106 cm³/mol. The summed E-state index contributed by atoms with van der Waals surface area (Å²) in [5.74, 6) is 0.793. The minimum absolute atomic E-state index is 0.130. The molecule has 0 aliphatic rings. The van der Waals surface area contributed by atoms with Crippen LogP contribution in [-0.4, -0.2) is 36.4 Å². The van der Waals surface area contributed by atoms with Crippen molar-refractivity contribution in [3.05, 3.63) is 65.7 Å². The van der Waals surface area contributed by atoms with E-state index in [1.54, 1.807) is 30.6 Å².